The van der Waals surface area contributed by atoms with Crippen LogP contribution in [0.5, 0.6) is 11.5 Å². The van der Waals surface area contributed by atoms with E-state index in [-0.39, 0.29) is 21.8 Å². The minimum Gasteiger partial charge on any atom is -0.493 e. The zero-order valence-electron chi connectivity index (χ0n) is 16.5. The molecule has 3 rings (SSSR count). The molecule has 0 aliphatic heterocycles. The SMILES string of the molecule is CCOc1c(OC)ccc2cc(C(=O)Nc3ccc(S(N)(=O)=O)cc3C)c(=O)oc12. The van der Waals surface area contributed by atoms with Crippen molar-refractivity contribution in [3.05, 3.63) is 57.9 Å². The molecule has 0 spiro atoms. The maximum absolute atomic E-state index is 12.7. The van der Waals surface area contributed by atoms with Gasteiger partial charge in [-0.2, -0.15) is 0 Å². The number of hydrogen-bond donors (Lipinski definition) is 2. The Morgan fingerprint density at radius 1 is 1.20 bits per heavy atom. The van der Waals surface area contributed by atoms with Gasteiger partial charge in [0.2, 0.25) is 15.8 Å². The van der Waals surface area contributed by atoms with Gasteiger partial charge in [0.15, 0.2) is 11.3 Å². The third-order valence-corrected chi connectivity index (χ3v) is 5.26. The van der Waals surface area contributed by atoms with Gasteiger partial charge < -0.3 is 19.2 Å². The molecule has 0 atom stereocenters. The first kappa shape index (κ1) is 21.3. The van der Waals surface area contributed by atoms with Crippen molar-refractivity contribution < 1.29 is 27.1 Å². The minimum atomic E-state index is -3.87. The summed E-state index contributed by atoms with van der Waals surface area (Å²) in [5.41, 5.74) is -0.107. The Hall–Kier alpha value is -3.37. The highest BCUT2D eigenvalue weighted by atomic mass is 32.2. The van der Waals surface area contributed by atoms with E-state index in [1.54, 1.807) is 26.0 Å². The van der Waals surface area contributed by atoms with Crippen molar-refractivity contribution in [2.24, 2.45) is 5.14 Å². The highest BCUT2D eigenvalue weighted by Crippen LogP contribution is 2.35. The molecule has 9 nitrogen and oxygen atoms in total. The first-order valence-electron chi connectivity index (χ1n) is 8.88. The molecule has 1 aromatic heterocycles. The van der Waals surface area contributed by atoms with Crippen molar-refractivity contribution >= 4 is 32.6 Å². The number of sulfonamides is 1. The number of nitrogens with one attached hydrogen (secondary N) is 1. The van der Waals surface area contributed by atoms with Crippen LogP contribution in [0.1, 0.15) is 22.8 Å². The number of ether oxygens (including phenoxy) is 2. The van der Waals surface area contributed by atoms with Crippen molar-refractivity contribution in [1.82, 2.24) is 0 Å². The molecular formula is C20H20N2O7S. The molecule has 0 aliphatic carbocycles. The Bertz CT molecular complexity index is 1300. The largest absolute Gasteiger partial charge is 0.493 e. The number of primary sulfonamides is 1. The van der Waals surface area contributed by atoms with Crippen molar-refractivity contribution in [2.45, 2.75) is 18.7 Å². The van der Waals surface area contributed by atoms with Gasteiger partial charge in [0, 0.05) is 11.1 Å². The van der Waals surface area contributed by atoms with Crippen LogP contribution < -0.4 is 25.6 Å². The predicted octanol–water partition coefficient (Wildman–Crippen LogP) is 2.41. The Morgan fingerprint density at radius 3 is 2.53 bits per heavy atom. The molecule has 0 unspecified atom stereocenters. The van der Waals surface area contributed by atoms with E-state index >= 15 is 0 Å². The van der Waals surface area contributed by atoms with Gasteiger partial charge in [-0.3, -0.25) is 4.79 Å². The van der Waals surface area contributed by atoms with Crippen LogP contribution in [0.2, 0.25) is 0 Å². The number of carbonyl (C=O) groups is 1. The van der Waals surface area contributed by atoms with Crippen LogP contribution in [0.3, 0.4) is 0 Å². The maximum Gasteiger partial charge on any atom is 0.349 e. The van der Waals surface area contributed by atoms with E-state index in [1.807, 2.05) is 0 Å². The van der Waals surface area contributed by atoms with E-state index in [4.69, 9.17) is 19.0 Å². The van der Waals surface area contributed by atoms with Crippen molar-refractivity contribution in [2.75, 3.05) is 19.0 Å². The fourth-order valence-corrected chi connectivity index (χ4v) is 3.48. The van der Waals surface area contributed by atoms with Gasteiger partial charge in [-0.15, -0.1) is 0 Å². The van der Waals surface area contributed by atoms with Crippen LogP contribution in [0, 0.1) is 6.92 Å². The van der Waals surface area contributed by atoms with E-state index in [0.29, 0.717) is 29.0 Å². The number of anilines is 1. The summed E-state index contributed by atoms with van der Waals surface area (Å²) in [5, 5.41) is 8.17. The van der Waals surface area contributed by atoms with Gasteiger partial charge in [0.05, 0.1) is 18.6 Å². The number of fused-ring (bicyclic) bond motifs is 1. The molecule has 1 heterocycles. The zero-order chi connectivity index (χ0) is 22.1. The van der Waals surface area contributed by atoms with Gasteiger partial charge >= 0.3 is 5.63 Å². The van der Waals surface area contributed by atoms with Crippen LogP contribution in [0.4, 0.5) is 5.69 Å². The Morgan fingerprint density at radius 2 is 1.93 bits per heavy atom. The summed E-state index contributed by atoms with van der Waals surface area (Å²) in [6.45, 7) is 3.71. The molecule has 0 aliphatic rings. The lowest BCUT2D eigenvalue weighted by atomic mass is 10.1. The topological polar surface area (TPSA) is 138 Å². The first-order valence-corrected chi connectivity index (χ1v) is 10.4. The Kier molecular flexibility index (Phi) is 5.81. The van der Waals surface area contributed by atoms with Crippen LogP contribution in [0.25, 0.3) is 11.0 Å². The van der Waals surface area contributed by atoms with E-state index in [1.165, 1.54) is 31.4 Å². The average molecular weight is 432 g/mol. The third kappa shape index (κ3) is 4.14. The maximum atomic E-state index is 12.7. The Labute approximate surface area is 172 Å². The Balaban J connectivity index is 2.00. The third-order valence-electron chi connectivity index (χ3n) is 4.35. The lowest BCUT2D eigenvalue weighted by Gasteiger charge is -2.12. The first-order chi connectivity index (χ1) is 14.2. The highest BCUT2D eigenvalue weighted by Gasteiger charge is 2.19. The zero-order valence-corrected chi connectivity index (χ0v) is 17.3. The van der Waals surface area contributed by atoms with Crippen molar-refractivity contribution in [1.29, 1.82) is 0 Å². The quantitative estimate of drug-likeness (QED) is 0.570. The number of carbonyl (C=O) groups excluding carboxylic acids is 1. The second-order valence-corrected chi connectivity index (χ2v) is 7.93. The molecule has 30 heavy (non-hydrogen) atoms. The second-order valence-electron chi connectivity index (χ2n) is 6.37. The van der Waals surface area contributed by atoms with E-state index in [2.05, 4.69) is 5.32 Å². The number of benzene rings is 2. The molecule has 3 aromatic rings. The van der Waals surface area contributed by atoms with E-state index < -0.39 is 21.6 Å². The molecule has 0 fully saturated rings. The van der Waals surface area contributed by atoms with Gasteiger partial charge in [0.1, 0.15) is 5.56 Å². The van der Waals surface area contributed by atoms with Gasteiger partial charge in [-0.25, -0.2) is 18.4 Å². The predicted molar refractivity (Wildman–Crippen MR) is 111 cm³/mol. The summed E-state index contributed by atoms with van der Waals surface area (Å²) in [7, 11) is -2.40. The summed E-state index contributed by atoms with van der Waals surface area (Å²) in [5.74, 6) is -0.0304. The highest BCUT2D eigenvalue weighted by molar-refractivity contribution is 7.89. The van der Waals surface area contributed by atoms with E-state index in [0.717, 1.165) is 0 Å². The molecule has 1 amide bonds. The van der Waals surface area contributed by atoms with Gasteiger partial charge in [-0.05, 0) is 55.8 Å². The number of aryl methyl sites for hydroxylation is 1. The summed E-state index contributed by atoms with van der Waals surface area (Å²) in [6, 6.07) is 8.67. The average Bonchev–Trinajstić information content (AvgIpc) is 2.68. The van der Waals surface area contributed by atoms with Crippen LogP contribution in [-0.2, 0) is 10.0 Å². The second kappa shape index (κ2) is 8.17. The summed E-state index contributed by atoms with van der Waals surface area (Å²) in [4.78, 5) is 25.1. The molecule has 0 saturated heterocycles. The number of methoxy groups -OCH3 is 1. The lowest BCUT2D eigenvalue weighted by Crippen LogP contribution is -2.21. The standard InChI is InChI=1S/C20H20N2O7S/c1-4-28-18-16(27-3)8-5-12-10-14(20(24)29-17(12)18)19(23)22-15-7-6-13(9-11(15)2)30(21,25)26/h5-10H,4H2,1-3H3,(H,22,23)(H2,21,25,26). The van der Waals surface area contributed by atoms with Crippen LogP contribution in [-0.4, -0.2) is 28.0 Å². The molecular weight excluding hydrogens is 412 g/mol. The van der Waals surface area contributed by atoms with Gasteiger partial charge in [0.25, 0.3) is 5.91 Å². The number of nitrogens with two attached hydrogens (primary N) is 1. The normalized spacial score (nSPS) is 11.3. The van der Waals surface area contributed by atoms with Crippen molar-refractivity contribution in [3.8, 4) is 11.5 Å². The molecule has 3 N–H and O–H groups in total. The van der Waals surface area contributed by atoms with Crippen LogP contribution >= 0.6 is 0 Å². The fraction of sp³-hybridized carbons (Fsp3) is 0.200. The summed E-state index contributed by atoms with van der Waals surface area (Å²) < 4.78 is 39.0. The summed E-state index contributed by atoms with van der Waals surface area (Å²) >= 11 is 0. The molecule has 158 valence electrons. The molecule has 0 radical (unpaired) electrons. The number of amides is 1. The number of hydrogen-bond acceptors (Lipinski definition) is 7. The van der Waals surface area contributed by atoms with Crippen molar-refractivity contribution in [3.63, 3.8) is 0 Å². The molecule has 0 saturated carbocycles. The number of rotatable bonds is 6. The molecule has 0 bridgehead atoms. The fourth-order valence-electron chi connectivity index (χ4n) is 2.88. The minimum absolute atomic E-state index is 0.0828. The van der Waals surface area contributed by atoms with Gasteiger partial charge in [-0.1, -0.05) is 0 Å². The smallest absolute Gasteiger partial charge is 0.349 e. The van der Waals surface area contributed by atoms with E-state index in [9.17, 15) is 18.0 Å². The molecule has 10 heteroatoms. The lowest BCUT2D eigenvalue weighted by molar-refractivity contribution is 0.102. The monoisotopic (exact) mass is 432 g/mol. The summed E-state index contributed by atoms with van der Waals surface area (Å²) in [6.07, 6.45) is 0. The molecule has 2 aromatic carbocycles. The van der Waals surface area contributed by atoms with Crippen LogP contribution in [0.15, 0.2) is 50.5 Å².